The fourth-order valence-corrected chi connectivity index (χ4v) is 4.11. The first-order valence-corrected chi connectivity index (χ1v) is 10.1. The predicted octanol–water partition coefficient (Wildman–Crippen LogP) is 3.49. The largest absolute Gasteiger partial charge is 0.508 e. The van der Waals surface area contributed by atoms with Crippen molar-refractivity contribution >= 4 is 23.3 Å². The van der Waals surface area contributed by atoms with Gasteiger partial charge in [-0.1, -0.05) is 23.7 Å². The Labute approximate surface area is 184 Å². The number of hydrazine groups is 1. The van der Waals surface area contributed by atoms with Crippen LogP contribution in [0.4, 0.5) is 0 Å². The molecule has 0 aromatic heterocycles. The quantitative estimate of drug-likeness (QED) is 0.680. The molecule has 1 aliphatic heterocycles. The van der Waals surface area contributed by atoms with E-state index in [1.807, 2.05) is 0 Å². The lowest BCUT2D eigenvalue weighted by molar-refractivity contribution is -0.116. The third kappa shape index (κ3) is 3.74. The summed E-state index contributed by atoms with van der Waals surface area (Å²) in [6.45, 7) is 0. The molecule has 0 radical (unpaired) electrons. The lowest BCUT2D eigenvalue weighted by Gasteiger charge is -2.39. The zero-order chi connectivity index (χ0) is 22.1. The zero-order valence-electron chi connectivity index (χ0n) is 16.4. The van der Waals surface area contributed by atoms with Crippen LogP contribution in [0.1, 0.15) is 41.1 Å². The van der Waals surface area contributed by atoms with Gasteiger partial charge in [-0.25, -0.2) is 5.01 Å². The summed E-state index contributed by atoms with van der Waals surface area (Å²) in [5, 5.41) is 21.3. The maximum Gasteiger partial charge on any atom is 0.270 e. The molecule has 0 bridgehead atoms. The lowest BCUT2D eigenvalue weighted by Crippen LogP contribution is -2.48. The van der Waals surface area contributed by atoms with E-state index in [0.717, 1.165) is 5.56 Å². The number of carbonyl (C=O) groups excluding carboxylic acids is 2. The Morgan fingerprint density at radius 1 is 1.16 bits per heavy atom. The monoisotopic (exact) mass is 434 g/mol. The number of hydrogen-bond donors (Lipinski definition) is 3. The number of amides is 1. The van der Waals surface area contributed by atoms with Gasteiger partial charge in [-0.3, -0.25) is 15.0 Å². The fourth-order valence-electron chi connectivity index (χ4n) is 3.98. The normalized spacial score (nSPS) is 18.5. The van der Waals surface area contributed by atoms with Crippen molar-refractivity contribution in [1.29, 1.82) is 5.26 Å². The topological polar surface area (TPSA) is 119 Å². The highest BCUT2D eigenvalue weighted by Crippen LogP contribution is 2.44. The van der Waals surface area contributed by atoms with Crippen molar-refractivity contribution in [2.24, 2.45) is 5.73 Å². The summed E-state index contributed by atoms with van der Waals surface area (Å²) >= 11 is 6.01. The van der Waals surface area contributed by atoms with Gasteiger partial charge < -0.3 is 10.8 Å². The van der Waals surface area contributed by atoms with Crippen LogP contribution in [-0.4, -0.2) is 21.8 Å². The molecule has 1 unspecified atom stereocenters. The number of nitrogens with two attached hydrogens (primary N) is 1. The van der Waals surface area contributed by atoms with E-state index < -0.39 is 11.8 Å². The highest BCUT2D eigenvalue weighted by Gasteiger charge is 2.40. The molecule has 0 spiro atoms. The average molecular weight is 435 g/mol. The van der Waals surface area contributed by atoms with E-state index >= 15 is 0 Å². The first-order valence-electron chi connectivity index (χ1n) is 9.72. The molecule has 0 saturated carbocycles. The molecule has 1 aliphatic carbocycles. The fraction of sp³-hybridized carbons (Fsp3) is 0.174. The summed E-state index contributed by atoms with van der Waals surface area (Å²) in [6.07, 6.45) is 1.51. The minimum atomic E-state index is -0.619. The standard InChI is InChI=1S/C23H19ClN4O3/c24-15-8-4-13(5-9-15)20-17(12-25)22(26)28(18-2-1-3-19(30)21(18)20)27-23(31)14-6-10-16(29)11-7-14/h4-11,20,29H,1-3,26H2,(H,27,31). The van der Waals surface area contributed by atoms with Crippen LogP contribution in [-0.2, 0) is 4.79 Å². The predicted molar refractivity (Wildman–Crippen MR) is 114 cm³/mol. The minimum absolute atomic E-state index is 0.0365. The number of rotatable bonds is 3. The number of nitrogens with zero attached hydrogens (tertiary/aromatic N) is 2. The third-order valence-corrected chi connectivity index (χ3v) is 5.71. The van der Waals surface area contributed by atoms with Gasteiger partial charge in [0.05, 0.1) is 17.6 Å². The van der Waals surface area contributed by atoms with Gasteiger partial charge in [0.15, 0.2) is 5.78 Å². The molecule has 1 amide bonds. The molecule has 2 aliphatic rings. The molecular weight excluding hydrogens is 416 g/mol. The molecule has 2 aromatic rings. The number of Topliss-reactive ketones (excluding diaryl/α,β-unsaturated/α-hetero) is 1. The van der Waals surface area contributed by atoms with Gasteiger partial charge in [0.25, 0.3) is 5.91 Å². The van der Waals surface area contributed by atoms with E-state index in [0.29, 0.717) is 41.1 Å². The second-order valence-electron chi connectivity index (χ2n) is 7.36. The van der Waals surface area contributed by atoms with Crippen LogP contribution >= 0.6 is 11.6 Å². The summed E-state index contributed by atoms with van der Waals surface area (Å²) in [5.41, 5.74) is 11.3. The smallest absolute Gasteiger partial charge is 0.270 e. The molecule has 0 fully saturated rings. The Kier molecular flexibility index (Phi) is 5.40. The number of carbonyl (C=O) groups is 2. The number of aromatic hydroxyl groups is 1. The minimum Gasteiger partial charge on any atom is -0.508 e. The number of phenolic OH excluding ortho intramolecular Hbond substituents is 1. The molecule has 4 N–H and O–H groups in total. The first kappa shape index (κ1) is 20.5. The summed E-state index contributed by atoms with van der Waals surface area (Å²) in [5.74, 6) is -1.07. The maximum absolute atomic E-state index is 13.0. The highest BCUT2D eigenvalue weighted by molar-refractivity contribution is 6.30. The van der Waals surface area contributed by atoms with Gasteiger partial charge in [0, 0.05) is 28.3 Å². The van der Waals surface area contributed by atoms with E-state index in [1.165, 1.54) is 29.3 Å². The van der Waals surface area contributed by atoms with Gasteiger partial charge in [-0.05, 0) is 54.8 Å². The number of halogens is 1. The Balaban J connectivity index is 1.79. The number of phenols is 1. The van der Waals surface area contributed by atoms with Crippen molar-refractivity contribution in [3.8, 4) is 11.8 Å². The van der Waals surface area contributed by atoms with E-state index in [4.69, 9.17) is 17.3 Å². The van der Waals surface area contributed by atoms with E-state index in [2.05, 4.69) is 11.5 Å². The van der Waals surface area contributed by atoms with E-state index in [9.17, 15) is 20.0 Å². The zero-order valence-corrected chi connectivity index (χ0v) is 17.2. The summed E-state index contributed by atoms with van der Waals surface area (Å²) in [4.78, 5) is 25.8. The van der Waals surface area contributed by atoms with E-state index in [-0.39, 0.29) is 22.9 Å². The lowest BCUT2D eigenvalue weighted by atomic mass is 9.76. The number of allylic oxidation sites excluding steroid dienone is 3. The van der Waals surface area contributed by atoms with Gasteiger partial charge in [-0.2, -0.15) is 5.26 Å². The summed E-state index contributed by atoms with van der Waals surface area (Å²) < 4.78 is 0. The maximum atomic E-state index is 13.0. The molecule has 4 rings (SSSR count). The van der Waals surface area contributed by atoms with Crippen LogP contribution in [0.25, 0.3) is 0 Å². The van der Waals surface area contributed by atoms with Crippen molar-refractivity contribution in [3.63, 3.8) is 0 Å². The van der Waals surface area contributed by atoms with Crippen molar-refractivity contribution in [2.45, 2.75) is 25.2 Å². The van der Waals surface area contributed by atoms with Gasteiger partial charge >= 0.3 is 0 Å². The van der Waals surface area contributed by atoms with Crippen LogP contribution in [0, 0.1) is 11.3 Å². The second kappa shape index (κ2) is 8.17. The van der Waals surface area contributed by atoms with E-state index in [1.54, 1.807) is 24.3 Å². The van der Waals surface area contributed by atoms with Crippen molar-refractivity contribution in [1.82, 2.24) is 10.4 Å². The Hall–Kier alpha value is -3.76. The van der Waals surface area contributed by atoms with Crippen molar-refractivity contribution in [3.05, 3.63) is 87.3 Å². The number of benzene rings is 2. The van der Waals surface area contributed by atoms with Gasteiger partial charge in [0.2, 0.25) is 0 Å². The Morgan fingerprint density at radius 3 is 2.48 bits per heavy atom. The number of nitriles is 1. The molecule has 156 valence electrons. The highest BCUT2D eigenvalue weighted by atomic mass is 35.5. The van der Waals surface area contributed by atoms with Gasteiger partial charge in [0.1, 0.15) is 11.6 Å². The Bertz CT molecular complexity index is 1160. The average Bonchev–Trinajstić information content (AvgIpc) is 2.76. The van der Waals surface area contributed by atoms with Crippen LogP contribution < -0.4 is 11.2 Å². The molecule has 1 atom stereocenters. The SMILES string of the molecule is N#CC1=C(N)N(NC(=O)c2ccc(O)cc2)C2=C(C(=O)CCC2)C1c1ccc(Cl)cc1. The number of ketones is 1. The molecule has 0 saturated heterocycles. The van der Waals surface area contributed by atoms with Crippen LogP contribution in [0.15, 0.2) is 71.2 Å². The molecular formula is C23H19ClN4O3. The van der Waals surface area contributed by atoms with Crippen LogP contribution in [0.3, 0.4) is 0 Å². The number of nitrogens with one attached hydrogen (secondary N) is 1. The summed E-state index contributed by atoms with van der Waals surface area (Å²) in [7, 11) is 0. The molecule has 2 aromatic carbocycles. The third-order valence-electron chi connectivity index (χ3n) is 5.46. The van der Waals surface area contributed by atoms with Crippen molar-refractivity contribution in [2.75, 3.05) is 0 Å². The molecule has 8 heteroatoms. The summed E-state index contributed by atoms with van der Waals surface area (Å²) in [6, 6.07) is 14.8. The van der Waals surface area contributed by atoms with Crippen LogP contribution in [0.2, 0.25) is 5.02 Å². The van der Waals surface area contributed by atoms with Gasteiger partial charge in [-0.15, -0.1) is 0 Å². The van der Waals surface area contributed by atoms with Crippen molar-refractivity contribution < 1.29 is 14.7 Å². The Morgan fingerprint density at radius 2 is 1.84 bits per heavy atom. The molecule has 31 heavy (non-hydrogen) atoms. The second-order valence-corrected chi connectivity index (χ2v) is 7.79. The number of hydrogen-bond acceptors (Lipinski definition) is 6. The first-order chi connectivity index (χ1) is 14.9. The molecule has 1 heterocycles. The van der Waals surface area contributed by atoms with Crippen LogP contribution in [0.5, 0.6) is 5.75 Å². The molecule has 7 nitrogen and oxygen atoms in total.